The number of hydrogen-bond donors (Lipinski definition) is 2. The van der Waals surface area contributed by atoms with Crippen LogP contribution >= 0.6 is 0 Å². The van der Waals surface area contributed by atoms with Gasteiger partial charge in [-0.2, -0.15) is 0 Å². The smallest absolute Gasteiger partial charge is 0.0594 e. The van der Waals surface area contributed by atoms with Gasteiger partial charge >= 0.3 is 0 Å². The summed E-state index contributed by atoms with van der Waals surface area (Å²) in [6.07, 6.45) is 0.446. The first kappa shape index (κ1) is 11.9. The first-order chi connectivity index (χ1) is 5.24. The lowest BCUT2D eigenvalue weighted by atomic mass is 9.83. The van der Waals surface area contributed by atoms with Gasteiger partial charge in [-0.1, -0.05) is 13.8 Å². The van der Waals surface area contributed by atoms with E-state index in [1.54, 1.807) is 20.8 Å². The van der Waals surface area contributed by atoms with Crippen molar-refractivity contribution in [1.29, 1.82) is 0 Å². The topological polar surface area (TPSA) is 40.5 Å². The van der Waals surface area contributed by atoms with Gasteiger partial charge in [0, 0.05) is 0 Å². The van der Waals surface area contributed by atoms with Crippen LogP contribution in [-0.4, -0.2) is 21.9 Å². The van der Waals surface area contributed by atoms with Gasteiger partial charge in [0.15, 0.2) is 0 Å². The molecular formula is C10H22O2. The Morgan fingerprint density at radius 1 is 1.17 bits per heavy atom. The molecule has 0 aliphatic heterocycles. The van der Waals surface area contributed by atoms with Crippen molar-refractivity contribution in [2.75, 3.05) is 0 Å². The zero-order valence-corrected chi connectivity index (χ0v) is 8.83. The van der Waals surface area contributed by atoms with Crippen molar-refractivity contribution >= 4 is 0 Å². The van der Waals surface area contributed by atoms with Crippen LogP contribution in [0, 0.1) is 11.8 Å². The second-order valence-corrected chi connectivity index (χ2v) is 4.59. The highest BCUT2D eigenvalue weighted by Crippen LogP contribution is 2.24. The Bertz CT molecular complexity index is 124. The fourth-order valence-electron chi connectivity index (χ4n) is 1.45. The molecule has 0 bridgehead atoms. The molecule has 0 aliphatic carbocycles. The van der Waals surface area contributed by atoms with Crippen LogP contribution in [0.4, 0.5) is 0 Å². The molecule has 0 aromatic heterocycles. The van der Waals surface area contributed by atoms with Gasteiger partial charge in [0.25, 0.3) is 0 Å². The zero-order chi connectivity index (χ0) is 9.94. The monoisotopic (exact) mass is 174 g/mol. The third-order valence-electron chi connectivity index (χ3n) is 2.48. The third kappa shape index (κ3) is 4.73. The fourth-order valence-corrected chi connectivity index (χ4v) is 1.45. The van der Waals surface area contributed by atoms with Crippen LogP contribution in [0.15, 0.2) is 0 Å². The van der Waals surface area contributed by atoms with Gasteiger partial charge in [-0.3, -0.25) is 0 Å². The van der Waals surface area contributed by atoms with Crippen LogP contribution < -0.4 is 0 Å². The fraction of sp³-hybridized carbons (Fsp3) is 1.00. The quantitative estimate of drug-likeness (QED) is 0.682. The zero-order valence-electron chi connectivity index (χ0n) is 8.83. The van der Waals surface area contributed by atoms with E-state index in [4.69, 9.17) is 0 Å². The van der Waals surface area contributed by atoms with E-state index in [1.165, 1.54) is 0 Å². The lowest BCUT2D eigenvalue weighted by Gasteiger charge is -2.28. The van der Waals surface area contributed by atoms with Crippen LogP contribution in [0.25, 0.3) is 0 Å². The molecule has 0 aromatic carbocycles. The molecule has 0 saturated carbocycles. The molecular weight excluding hydrogens is 152 g/mol. The van der Waals surface area contributed by atoms with Crippen LogP contribution in [-0.2, 0) is 0 Å². The number of rotatable bonds is 4. The molecule has 0 aromatic rings. The van der Waals surface area contributed by atoms with Gasteiger partial charge in [0.1, 0.15) is 0 Å². The summed E-state index contributed by atoms with van der Waals surface area (Å²) in [6, 6.07) is 0. The summed E-state index contributed by atoms with van der Waals surface area (Å²) in [7, 11) is 0. The van der Waals surface area contributed by atoms with Crippen molar-refractivity contribution in [1.82, 2.24) is 0 Å². The Morgan fingerprint density at radius 2 is 1.58 bits per heavy atom. The van der Waals surface area contributed by atoms with E-state index in [0.717, 1.165) is 6.42 Å². The van der Waals surface area contributed by atoms with E-state index in [-0.39, 0.29) is 12.0 Å². The average Bonchev–Trinajstić information content (AvgIpc) is 1.82. The molecule has 2 nitrogen and oxygen atoms in total. The molecule has 3 unspecified atom stereocenters. The van der Waals surface area contributed by atoms with Crippen molar-refractivity contribution in [3.8, 4) is 0 Å². The van der Waals surface area contributed by atoms with Crippen LogP contribution in [0.3, 0.4) is 0 Å². The van der Waals surface area contributed by atoms with Gasteiger partial charge in [-0.05, 0) is 39.0 Å². The molecule has 0 fully saturated rings. The molecule has 0 amide bonds. The van der Waals surface area contributed by atoms with Crippen LogP contribution in [0.5, 0.6) is 0 Å². The predicted molar refractivity (Wildman–Crippen MR) is 50.9 cm³/mol. The molecule has 0 saturated heterocycles. The second kappa shape index (κ2) is 4.24. The highest BCUT2D eigenvalue weighted by molar-refractivity contribution is 4.74. The van der Waals surface area contributed by atoms with Crippen molar-refractivity contribution in [2.45, 2.75) is 52.7 Å². The molecule has 0 heterocycles. The molecule has 0 aliphatic rings. The highest BCUT2D eigenvalue weighted by atomic mass is 16.3. The van der Waals surface area contributed by atoms with Crippen molar-refractivity contribution in [3.05, 3.63) is 0 Å². The van der Waals surface area contributed by atoms with E-state index in [2.05, 4.69) is 6.92 Å². The van der Waals surface area contributed by atoms with E-state index in [0.29, 0.717) is 5.92 Å². The molecule has 2 heteroatoms. The number of hydrogen-bond acceptors (Lipinski definition) is 2. The molecule has 0 radical (unpaired) electrons. The largest absolute Gasteiger partial charge is 0.393 e. The summed E-state index contributed by atoms with van der Waals surface area (Å²) < 4.78 is 0. The van der Waals surface area contributed by atoms with Gasteiger partial charge < -0.3 is 10.2 Å². The second-order valence-electron chi connectivity index (χ2n) is 4.59. The molecule has 3 atom stereocenters. The summed E-state index contributed by atoms with van der Waals surface area (Å²) in [4.78, 5) is 0. The van der Waals surface area contributed by atoms with Crippen LogP contribution in [0.1, 0.15) is 41.0 Å². The van der Waals surface area contributed by atoms with E-state index < -0.39 is 5.60 Å². The molecule has 0 spiro atoms. The lowest BCUT2D eigenvalue weighted by molar-refractivity contribution is 0.0253. The minimum absolute atomic E-state index is 0.247. The van der Waals surface area contributed by atoms with Gasteiger partial charge in [-0.15, -0.1) is 0 Å². The SMILES string of the molecule is CC(O)C(C)C(C)CC(C)(C)O. The number of aliphatic hydroxyl groups excluding tert-OH is 1. The third-order valence-corrected chi connectivity index (χ3v) is 2.48. The van der Waals surface area contributed by atoms with Crippen LogP contribution in [0.2, 0.25) is 0 Å². The Morgan fingerprint density at radius 3 is 1.83 bits per heavy atom. The maximum Gasteiger partial charge on any atom is 0.0594 e. The summed E-state index contributed by atoms with van der Waals surface area (Å²) in [5, 5.41) is 18.8. The Labute approximate surface area is 75.6 Å². The molecule has 2 N–H and O–H groups in total. The molecule has 74 valence electrons. The maximum absolute atomic E-state index is 9.54. The minimum atomic E-state index is -0.622. The van der Waals surface area contributed by atoms with E-state index >= 15 is 0 Å². The van der Waals surface area contributed by atoms with Gasteiger partial charge in [0.2, 0.25) is 0 Å². The molecule has 0 rings (SSSR count). The summed E-state index contributed by atoms with van der Waals surface area (Å²) in [6.45, 7) is 9.48. The highest BCUT2D eigenvalue weighted by Gasteiger charge is 2.23. The van der Waals surface area contributed by atoms with Crippen molar-refractivity contribution in [3.63, 3.8) is 0 Å². The lowest BCUT2D eigenvalue weighted by Crippen LogP contribution is -2.29. The molecule has 12 heavy (non-hydrogen) atoms. The first-order valence-corrected chi connectivity index (χ1v) is 4.64. The summed E-state index contributed by atoms with van der Waals surface area (Å²) in [5.74, 6) is 0.599. The standard InChI is InChI=1S/C10H22O2/c1-7(6-10(4,5)12)8(2)9(3)11/h7-9,11-12H,6H2,1-5H3. The summed E-state index contributed by atoms with van der Waals surface area (Å²) >= 11 is 0. The average molecular weight is 174 g/mol. The van der Waals surface area contributed by atoms with E-state index in [9.17, 15) is 10.2 Å². The normalized spacial score (nSPS) is 20.2. The Hall–Kier alpha value is -0.0800. The van der Waals surface area contributed by atoms with Crippen molar-refractivity contribution in [2.24, 2.45) is 11.8 Å². The first-order valence-electron chi connectivity index (χ1n) is 4.64. The Kier molecular flexibility index (Phi) is 4.21. The predicted octanol–water partition coefficient (Wildman–Crippen LogP) is 1.80. The summed E-state index contributed by atoms with van der Waals surface area (Å²) in [5.41, 5.74) is -0.622. The maximum atomic E-state index is 9.54. The van der Waals surface area contributed by atoms with E-state index in [1.807, 2.05) is 6.92 Å². The van der Waals surface area contributed by atoms with Gasteiger partial charge in [0.05, 0.1) is 11.7 Å². The van der Waals surface area contributed by atoms with Crippen molar-refractivity contribution < 1.29 is 10.2 Å². The Balaban J connectivity index is 3.95. The van der Waals surface area contributed by atoms with Gasteiger partial charge in [-0.25, -0.2) is 0 Å². The number of aliphatic hydroxyl groups is 2. The minimum Gasteiger partial charge on any atom is -0.393 e.